The fourth-order valence-corrected chi connectivity index (χ4v) is 3.40. The highest BCUT2D eigenvalue weighted by Gasteiger charge is 2.16. The minimum atomic E-state index is -3.78. The zero-order chi connectivity index (χ0) is 15.6. The maximum atomic E-state index is 12.3. The maximum Gasteiger partial charge on any atom is 0.261 e. The van der Waals surface area contributed by atoms with Crippen molar-refractivity contribution in [2.75, 3.05) is 4.72 Å². The Bertz CT molecular complexity index is 781. The number of benzene rings is 2. The molecular weight excluding hydrogens is 401 g/mol. The summed E-state index contributed by atoms with van der Waals surface area (Å²) in [5.74, 6) is 0. The predicted molar refractivity (Wildman–Crippen MR) is 87.3 cm³/mol. The van der Waals surface area contributed by atoms with Crippen molar-refractivity contribution in [3.05, 3.63) is 56.5 Å². The summed E-state index contributed by atoms with van der Waals surface area (Å²) in [6.45, 7) is -0.255. The summed E-state index contributed by atoms with van der Waals surface area (Å²) < 4.78 is 27.6. The van der Waals surface area contributed by atoms with Gasteiger partial charge in [-0.1, -0.05) is 29.3 Å². The van der Waals surface area contributed by atoms with E-state index >= 15 is 0 Å². The van der Waals surface area contributed by atoms with Crippen LogP contribution in [0.5, 0.6) is 0 Å². The summed E-state index contributed by atoms with van der Waals surface area (Å²) in [6, 6.07) is 8.84. The maximum absolute atomic E-state index is 12.3. The van der Waals surface area contributed by atoms with Crippen LogP contribution in [0.3, 0.4) is 0 Å². The van der Waals surface area contributed by atoms with Crippen LogP contribution in [0.4, 0.5) is 5.69 Å². The molecule has 0 atom stereocenters. The molecule has 0 aliphatic carbocycles. The third kappa shape index (κ3) is 3.90. The van der Waals surface area contributed by atoms with Gasteiger partial charge >= 0.3 is 0 Å². The minimum Gasteiger partial charge on any atom is -0.392 e. The SMILES string of the molecule is O=S(=O)(Nc1ccc(Br)c(Cl)c1)c1ccc(CO)c(Cl)c1. The third-order valence-electron chi connectivity index (χ3n) is 2.68. The molecule has 0 bridgehead atoms. The zero-order valence-corrected chi connectivity index (χ0v) is 14.4. The lowest BCUT2D eigenvalue weighted by Gasteiger charge is -2.10. The van der Waals surface area contributed by atoms with Crippen LogP contribution in [-0.2, 0) is 16.6 Å². The normalized spacial score (nSPS) is 11.4. The molecule has 8 heteroatoms. The molecule has 0 fully saturated rings. The first kappa shape index (κ1) is 16.6. The van der Waals surface area contributed by atoms with E-state index in [1.807, 2.05) is 0 Å². The summed E-state index contributed by atoms with van der Waals surface area (Å²) in [7, 11) is -3.78. The van der Waals surface area contributed by atoms with Gasteiger partial charge in [0.1, 0.15) is 0 Å². The van der Waals surface area contributed by atoms with Gasteiger partial charge in [0.05, 0.1) is 22.2 Å². The van der Waals surface area contributed by atoms with Crippen molar-refractivity contribution in [1.29, 1.82) is 0 Å². The lowest BCUT2D eigenvalue weighted by Crippen LogP contribution is -2.13. The van der Waals surface area contributed by atoms with E-state index in [2.05, 4.69) is 20.7 Å². The second kappa shape index (κ2) is 6.54. The van der Waals surface area contributed by atoms with Crippen LogP contribution >= 0.6 is 39.1 Å². The molecule has 112 valence electrons. The number of nitrogens with one attached hydrogen (secondary N) is 1. The van der Waals surface area contributed by atoms with E-state index in [-0.39, 0.29) is 16.5 Å². The van der Waals surface area contributed by atoms with Gasteiger partial charge in [-0.05, 0) is 51.8 Å². The Morgan fingerprint density at radius 2 is 1.81 bits per heavy atom. The van der Waals surface area contributed by atoms with Crippen LogP contribution in [0.1, 0.15) is 5.56 Å². The summed E-state index contributed by atoms with van der Waals surface area (Å²) in [5.41, 5.74) is 0.799. The molecule has 21 heavy (non-hydrogen) atoms. The van der Waals surface area contributed by atoms with Gasteiger partial charge in [-0.15, -0.1) is 0 Å². The van der Waals surface area contributed by atoms with Crippen molar-refractivity contribution in [2.45, 2.75) is 11.5 Å². The molecule has 2 aromatic rings. The molecule has 0 heterocycles. The van der Waals surface area contributed by atoms with Crippen molar-refractivity contribution >= 4 is 54.8 Å². The Balaban J connectivity index is 2.33. The van der Waals surface area contributed by atoms with Gasteiger partial charge in [0.15, 0.2) is 0 Å². The molecule has 0 amide bonds. The quantitative estimate of drug-likeness (QED) is 0.798. The largest absolute Gasteiger partial charge is 0.392 e. The number of aliphatic hydroxyl groups excluding tert-OH is 1. The van der Waals surface area contributed by atoms with Gasteiger partial charge in [0, 0.05) is 9.50 Å². The Morgan fingerprint density at radius 3 is 2.38 bits per heavy atom. The molecule has 0 saturated heterocycles. The standard InChI is InChI=1S/C13H10BrCl2NO3S/c14-11-4-2-9(5-13(11)16)17-21(19,20)10-3-1-8(7-18)12(15)6-10/h1-6,17-18H,7H2. The van der Waals surface area contributed by atoms with Gasteiger partial charge in [-0.3, -0.25) is 4.72 Å². The van der Waals surface area contributed by atoms with Gasteiger partial charge in [-0.2, -0.15) is 0 Å². The minimum absolute atomic E-state index is 0.00346. The van der Waals surface area contributed by atoms with E-state index < -0.39 is 10.0 Å². The lowest BCUT2D eigenvalue weighted by atomic mass is 10.2. The Labute approximate surface area is 140 Å². The Morgan fingerprint density at radius 1 is 1.10 bits per heavy atom. The summed E-state index contributed by atoms with van der Waals surface area (Å²) in [6.07, 6.45) is 0. The van der Waals surface area contributed by atoms with Gasteiger partial charge in [0.25, 0.3) is 10.0 Å². The molecule has 0 unspecified atom stereocenters. The Hall–Kier alpha value is -0.790. The Kier molecular flexibility index (Phi) is 5.16. The van der Waals surface area contributed by atoms with Crippen molar-refractivity contribution in [2.24, 2.45) is 0 Å². The average molecular weight is 411 g/mol. The smallest absolute Gasteiger partial charge is 0.261 e. The summed E-state index contributed by atoms with van der Waals surface area (Å²) in [4.78, 5) is 0.00346. The summed E-state index contributed by atoms with van der Waals surface area (Å²) in [5, 5.41) is 9.62. The first-order valence-corrected chi connectivity index (χ1v) is 8.74. The molecule has 0 aromatic heterocycles. The van der Waals surface area contributed by atoms with Crippen LogP contribution in [0, 0.1) is 0 Å². The first-order valence-electron chi connectivity index (χ1n) is 5.70. The zero-order valence-electron chi connectivity index (χ0n) is 10.5. The van der Waals surface area contributed by atoms with Crippen LogP contribution in [0.2, 0.25) is 10.0 Å². The second-order valence-corrected chi connectivity index (χ2v) is 7.50. The van der Waals surface area contributed by atoms with Crippen LogP contribution in [-0.4, -0.2) is 13.5 Å². The van der Waals surface area contributed by atoms with Crippen LogP contribution in [0.25, 0.3) is 0 Å². The fourth-order valence-electron chi connectivity index (χ4n) is 1.60. The molecule has 0 aliphatic heterocycles. The number of rotatable bonds is 4. The van der Waals surface area contributed by atoms with E-state index in [4.69, 9.17) is 28.3 Å². The number of aliphatic hydroxyl groups is 1. The molecule has 0 spiro atoms. The van der Waals surface area contributed by atoms with Crippen LogP contribution in [0.15, 0.2) is 45.8 Å². The van der Waals surface area contributed by atoms with Crippen molar-refractivity contribution in [3.63, 3.8) is 0 Å². The highest BCUT2D eigenvalue weighted by Crippen LogP contribution is 2.27. The van der Waals surface area contributed by atoms with Gasteiger partial charge in [-0.25, -0.2) is 8.42 Å². The average Bonchev–Trinajstić information content (AvgIpc) is 2.42. The monoisotopic (exact) mass is 409 g/mol. The van der Waals surface area contributed by atoms with Crippen molar-refractivity contribution in [3.8, 4) is 0 Å². The van der Waals surface area contributed by atoms with Crippen molar-refractivity contribution < 1.29 is 13.5 Å². The topological polar surface area (TPSA) is 66.4 Å². The fraction of sp³-hybridized carbons (Fsp3) is 0.0769. The highest BCUT2D eigenvalue weighted by molar-refractivity contribution is 9.10. The molecule has 2 aromatic carbocycles. The first-order chi connectivity index (χ1) is 9.83. The number of halogens is 3. The number of hydrogen-bond acceptors (Lipinski definition) is 3. The van der Waals surface area contributed by atoms with E-state index in [1.165, 1.54) is 24.3 Å². The van der Waals surface area contributed by atoms with Gasteiger partial charge in [0.2, 0.25) is 0 Å². The third-order valence-corrected chi connectivity index (χ3v) is 5.64. The van der Waals surface area contributed by atoms with E-state index in [0.29, 0.717) is 20.7 Å². The van der Waals surface area contributed by atoms with E-state index in [1.54, 1.807) is 12.1 Å². The number of hydrogen-bond donors (Lipinski definition) is 2. The van der Waals surface area contributed by atoms with E-state index in [9.17, 15) is 8.42 Å². The predicted octanol–water partition coefficient (Wildman–Crippen LogP) is 4.05. The molecule has 0 saturated carbocycles. The lowest BCUT2D eigenvalue weighted by molar-refractivity contribution is 0.282. The highest BCUT2D eigenvalue weighted by atomic mass is 79.9. The van der Waals surface area contributed by atoms with E-state index in [0.717, 1.165) is 0 Å². The summed E-state index contributed by atoms with van der Waals surface area (Å²) >= 11 is 15.1. The van der Waals surface area contributed by atoms with Crippen LogP contribution < -0.4 is 4.72 Å². The molecule has 2 rings (SSSR count). The van der Waals surface area contributed by atoms with Gasteiger partial charge < -0.3 is 5.11 Å². The molecule has 0 radical (unpaired) electrons. The molecule has 4 nitrogen and oxygen atoms in total. The molecule has 0 aliphatic rings. The number of anilines is 1. The number of sulfonamides is 1. The molecule has 2 N–H and O–H groups in total. The van der Waals surface area contributed by atoms with Crippen molar-refractivity contribution in [1.82, 2.24) is 0 Å². The second-order valence-electron chi connectivity index (χ2n) is 4.15. The molecular formula is C13H10BrCl2NO3S.